The van der Waals surface area contributed by atoms with E-state index < -0.39 is 17.1 Å². The zero-order valence-electron chi connectivity index (χ0n) is 16.1. The van der Waals surface area contributed by atoms with Crippen molar-refractivity contribution in [3.8, 4) is 0 Å². The molecule has 0 amide bonds. The van der Waals surface area contributed by atoms with Crippen molar-refractivity contribution in [2.24, 2.45) is 7.05 Å². The number of hydrogen-bond acceptors (Lipinski definition) is 7. The van der Waals surface area contributed by atoms with Gasteiger partial charge in [0, 0.05) is 44.3 Å². The zero-order chi connectivity index (χ0) is 20.7. The van der Waals surface area contributed by atoms with Crippen molar-refractivity contribution in [3.63, 3.8) is 0 Å². The lowest BCUT2D eigenvalue weighted by Crippen LogP contribution is -2.45. The molecule has 10 nitrogen and oxygen atoms in total. The Morgan fingerprint density at radius 2 is 1.76 bits per heavy atom. The number of carboxylic acid groups (broad SMARTS) is 1. The summed E-state index contributed by atoms with van der Waals surface area (Å²) in [5.74, 6) is -0.626. The lowest BCUT2D eigenvalue weighted by molar-refractivity contribution is 0.0696. The first-order valence-electron chi connectivity index (χ1n) is 9.26. The zero-order valence-corrected chi connectivity index (χ0v) is 16.1. The topological polar surface area (TPSA) is 123 Å². The molecule has 0 unspecified atom stereocenters. The fourth-order valence-electron chi connectivity index (χ4n) is 3.68. The minimum Gasteiger partial charge on any atom is -0.478 e. The van der Waals surface area contributed by atoms with Crippen LogP contribution in [-0.2, 0) is 7.05 Å². The Balaban J connectivity index is 1.64. The van der Waals surface area contributed by atoms with E-state index in [1.807, 2.05) is 24.0 Å². The van der Waals surface area contributed by atoms with Gasteiger partial charge >= 0.3 is 17.1 Å². The van der Waals surface area contributed by atoms with Crippen molar-refractivity contribution in [1.82, 2.24) is 24.1 Å². The number of anilines is 1. The van der Waals surface area contributed by atoms with Crippen LogP contribution in [0.4, 0.5) is 5.95 Å². The minimum atomic E-state index is -1.07. The third-order valence-electron chi connectivity index (χ3n) is 5.29. The van der Waals surface area contributed by atoms with E-state index in [-0.39, 0.29) is 11.6 Å². The first kappa shape index (κ1) is 18.8. The number of nitrogens with zero attached hydrogens (tertiary/aromatic N) is 6. The highest BCUT2D eigenvalue weighted by Gasteiger charge is 2.26. The monoisotopic (exact) mass is 396 g/mol. The van der Waals surface area contributed by atoms with Crippen LogP contribution in [0.5, 0.6) is 0 Å². The van der Waals surface area contributed by atoms with E-state index in [2.05, 4.69) is 15.0 Å². The molecule has 0 atom stereocenters. The number of aryl methyl sites for hydroxylation is 2. The molecular weight excluding hydrogens is 376 g/mol. The van der Waals surface area contributed by atoms with Crippen molar-refractivity contribution < 1.29 is 9.90 Å². The third-order valence-corrected chi connectivity index (χ3v) is 5.29. The molecule has 1 aliphatic rings. The summed E-state index contributed by atoms with van der Waals surface area (Å²) in [5, 5.41) is 8.96. The number of pyridine rings is 1. The maximum Gasteiger partial charge on any atom is 0.338 e. The molecule has 3 aromatic rings. The Hall–Kier alpha value is -3.56. The molecule has 4 heterocycles. The molecule has 1 N–H and O–H groups in total. The molecule has 150 valence electrons. The van der Waals surface area contributed by atoms with Crippen molar-refractivity contribution in [2.45, 2.75) is 25.8 Å². The van der Waals surface area contributed by atoms with Crippen LogP contribution in [-0.4, -0.2) is 48.3 Å². The molecular formula is C19H20N6O4. The van der Waals surface area contributed by atoms with E-state index in [9.17, 15) is 14.4 Å². The van der Waals surface area contributed by atoms with E-state index in [1.165, 1.54) is 21.5 Å². The van der Waals surface area contributed by atoms with Crippen LogP contribution in [0.15, 0.2) is 34.1 Å². The van der Waals surface area contributed by atoms with E-state index in [1.54, 1.807) is 7.05 Å². The smallest absolute Gasteiger partial charge is 0.338 e. The quantitative estimate of drug-likeness (QED) is 0.643. The van der Waals surface area contributed by atoms with Crippen LogP contribution in [0.1, 0.15) is 34.9 Å². The summed E-state index contributed by atoms with van der Waals surface area (Å²) < 4.78 is 2.87. The lowest BCUT2D eigenvalue weighted by Gasteiger charge is -2.33. The van der Waals surface area contributed by atoms with Gasteiger partial charge in [-0.2, -0.15) is 0 Å². The molecule has 3 aromatic heterocycles. The number of carbonyl (C=O) groups is 1. The van der Waals surface area contributed by atoms with E-state index in [0.29, 0.717) is 43.0 Å². The van der Waals surface area contributed by atoms with Crippen molar-refractivity contribution in [1.29, 1.82) is 0 Å². The van der Waals surface area contributed by atoms with Gasteiger partial charge in [-0.25, -0.2) is 19.7 Å². The van der Waals surface area contributed by atoms with Crippen LogP contribution in [0, 0.1) is 6.92 Å². The van der Waals surface area contributed by atoms with Gasteiger partial charge in [0.2, 0.25) is 5.95 Å². The Bertz CT molecular complexity index is 1210. The second kappa shape index (κ2) is 7.12. The molecule has 0 aliphatic carbocycles. The number of piperidine rings is 1. The molecule has 0 radical (unpaired) electrons. The number of hydrogen-bond donors (Lipinski definition) is 1. The summed E-state index contributed by atoms with van der Waals surface area (Å²) in [6, 6.07) is 3.46. The van der Waals surface area contributed by atoms with Gasteiger partial charge in [0.1, 0.15) is 0 Å². The van der Waals surface area contributed by atoms with Gasteiger partial charge in [-0.15, -0.1) is 0 Å². The van der Waals surface area contributed by atoms with Crippen molar-refractivity contribution >= 4 is 23.1 Å². The van der Waals surface area contributed by atoms with Crippen molar-refractivity contribution in [3.05, 3.63) is 56.5 Å². The molecule has 29 heavy (non-hydrogen) atoms. The lowest BCUT2D eigenvalue weighted by atomic mass is 10.0. The SMILES string of the molecule is Cc1ccc2c(n1)n(C1CCN(c3ncc(C(=O)O)cn3)CC1)c(=O)c(=O)n2C. The standard InChI is InChI=1S/C19H20N6O4/c1-11-3-4-14-15(22-11)25(17(27)16(26)23(14)2)13-5-7-24(8-6-13)19-20-9-12(10-21-19)18(28)29/h3-4,9-10,13H,5-8H2,1-2H3,(H,28,29). The summed E-state index contributed by atoms with van der Waals surface area (Å²) in [6.07, 6.45) is 3.79. The van der Waals surface area contributed by atoms with Gasteiger partial charge in [0.15, 0.2) is 5.65 Å². The molecule has 0 bridgehead atoms. The Morgan fingerprint density at radius 3 is 2.38 bits per heavy atom. The highest BCUT2D eigenvalue weighted by molar-refractivity contribution is 5.86. The molecule has 1 fully saturated rings. The molecule has 0 spiro atoms. The number of carboxylic acids is 1. The van der Waals surface area contributed by atoms with Gasteiger partial charge in [-0.3, -0.25) is 14.2 Å². The number of fused-ring (bicyclic) bond motifs is 1. The Kier molecular flexibility index (Phi) is 4.61. The van der Waals surface area contributed by atoms with Crippen LogP contribution in [0.3, 0.4) is 0 Å². The summed E-state index contributed by atoms with van der Waals surface area (Å²) in [6.45, 7) is 3.00. The average molecular weight is 396 g/mol. The maximum atomic E-state index is 12.8. The third kappa shape index (κ3) is 3.26. The van der Waals surface area contributed by atoms with Gasteiger partial charge < -0.3 is 14.6 Å². The minimum absolute atomic E-state index is 0.0308. The first-order chi connectivity index (χ1) is 13.9. The van der Waals surface area contributed by atoms with Crippen LogP contribution in [0.25, 0.3) is 11.2 Å². The molecule has 1 aliphatic heterocycles. The second-order valence-electron chi connectivity index (χ2n) is 7.13. The molecule has 10 heteroatoms. The summed E-state index contributed by atoms with van der Waals surface area (Å²) in [4.78, 5) is 50.9. The summed E-state index contributed by atoms with van der Waals surface area (Å²) >= 11 is 0. The Labute approximate surface area is 165 Å². The van der Waals surface area contributed by atoms with Gasteiger partial charge in [0.25, 0.3) is 0 Å². The number of aromatic nitrogens is 5. The largest absolute Gasteiger partial charge is 0.478 e. The molecule has 4 rings (SSSR count). The average Bonchev–Trinajstić information content (AvgIpc) is 2.73. The van der Waals surface area contributed by atoms with Crippen LogP contribution < -0.4 is 16.0 Å². The molecule has 0 aromatic carbocycles. The normalized spacial score (nSPS) is 15.0. The fraction of sp³-hybridized carbons (Fsp3) is 0.368. The highest BCUT2D eigenvalue weighted by Crippen LogP contribution is 2.25. The van der Waals surface area contributed by atoms with E-state index in [0.717, 1.165) is 5.69 Å². The summed E-state index contributed by atoms with van der Waals surface area (Å²) in [7, 11) is 1.58. The predicted molar refractivity (Wildman–Crippen MR) is 105 cm³/mol. The predicted octanol–water partition coefficient (Wildman–Crippen LogP) is 0.733. The van der Waals surface area contributed by atoms with Crippen LogP contribution >= 0.6 is 0 Å². The Morgan fingerprint density at radius 1 is 1.10 bits per heavy atom. The number of aromatic carboxylic acids is 1. The second-order valence-corrected chi connectivity index (χ2v) is 7.13. The molecule has 1 saturated heterocycles. The highest BCUT2D eigenvalue weighted by atomic mass is 16.4. The number of rotatable bonds is 3. The molecule has 0 saturated carbocycles. The van der Waals surface area contributed by atoms with Gasteiger partial charge in [-0.05, 0) is 31.9 Å². The van der Waals surface area contributed by atoms with Crippen LogP contribution in [0.2, 0.25) is 0 Å². The summed E-state index contributed by atoms with van der Waals surface area (Å²) in [5.41, 5.74) is 0.793. The van der Waals surface area contributed by atoms with E-state index >= 15 is 0 Å². The van der Waals surface area contributed by atoms with E-state index in [4.69, 9.17) is 5.11 Å². The van der Waals surface area contributed by atoms with Crippen molar-refractivity contribution in [2.75, 3.05) is 18.0 Å². The van der Waals surface area contributed by atoms with Gasteiger partial charge in [0.05, 0.1) is 11.1 Å². The maximum absolute atomic E-state index is 12.8. The van der Waals surface area contributed by atoms with Gasteiger partial charge in [-0.1, -0.05) is 0 Å². The fourth-order valence-corrected chi connectivity index (χ4v) is 3.68. The first-order valence-corrected chi connectivity index (χ1v) is 9.26.